The molecular formula is C18H25F3N2O2S. The number of likely N-dealkylation sites (tertiary alicyclic amines) is 1. The summed E-state index contributed by atoms with van der Waals surface area (Å²) < 4.78 is 40.9. The molecule has 0 bridgehead atoms. The lowest BCUT2D eigenvalue weighted by molar-refractivity contribution is -0.174. The third-order valence-corrected chi connectivity index (χ3v) is 6.26. The van der Waals surface area contributed by atoms with Crippen LogP contribution in [0, 0.1) is 5.41 Å². The number of thiophene rings is 1. The molecule has 1 amide bonds. The third-order valence-electron chi connectivity index (χ3n) is 5.53. The maximum Gasteiger partial charge on any atom is 0.411 e. The average Bonchev–Trinajstić information content (AvgIpc) is 3.01. The molecule has 1 aromatic rings. The van der Waals surface area contributed by atoms with Crippen LogP contribution in [0.2, 0.25) is 0 Å². The number of hydrogen-bond donors (Lipinski definition) is 0. The van der Waals surface area contributed by atoms with Crippen molar-refractivity contribution < 1.29 is 22.7 Å². The van der Waals surface area contributed by atoms with Crippen molar-refractivity contribution in [2.45, 2.75) is 44.9 Å². The number of rotatable bonds is 7. The maximum atomic E-state index is 12.1. The monoisotopic (exact) mass is 390 g/mol. The Labute approximate surface area is 155 Å². The normalized spacial score (nSPS) is 22.5. The first-order valence-corrected chi connectivity index (χ1v) is 9.88. The fourth-order valence-electron chi connectivity index (χ4n) is 3.93. The zero-order valence-corrected chi connectivity index (χ0v) is 15.7. The topological polar surface area (TPSA) is 32.8 Å². The Morgan fingerprint density at radius 2 is 2.15 bits per heavy atom. The molecule has 1 unspecified atom stereocenters. The molecular weight excluding hydrogens is 365 g/mol. The highest BCUT2D eigenvalue weighted by Crippen LogP contribution is 2.57. The van der Waals surface area contributed by atoms with Gasteiger partial charge in [0.15, 0.2) is 0 Å². The number of piperidine rings is 1. The van der Waals surface area contributed by atoms with Gasteiger partial charge in [-0.3, -0.25) is 4.79 Å². The van der Waals surface area contributed by atoms with Gasteiger partial charge in [0, 0.05) is 26.1 Å². The Morgan fingerprint density at radius 3 is 2.73 bits per heavy atom. The number of nitrogens with zero attached hydrogens (tertiary/aromatic N) is 2. The van der Waals surface area contributed by atoms with Crippen molar-refractivity contribution in [1.82, 2.24) is 9.80 Å². The van der Waals surface area contributed by atoms with E-state index < -0.39 is 12.8 Å². The Kier molecular flexibility index (Phi) is 5.94. The SMILES string of the molecule is CC(=O)N(Cc1ccsc1)C1CC12CCN(CCOCC(F)(F)F)CC2. The summed E-state index contributed by atoms with van der Waals surface area (Å²) in [4.78, 5) is 16.3. The predicted molar refractivity (Wildman–Crippen MR) is 93.9 cm³/mol. The van der Waals surface area contributed by atoms with Crippen molar-refractivity contribution in [1.29, 1.82) is 0 Å². The van der Waals surface area contributed by atoms with E-state index in [-0.39, 0.29) is 17.9 Å². The zero-order valence-electron chi connectivity index (χ0n) is 14.9. The number of alkyl halides is 3. The molecule has 0 aromatic carbocycles. The zero-order chi connectivity index (χ0) is 18.8. The molecule has 3 rings (SSSR count). The Hall–Kier alpha value is -1.12. The van der Waals surface area contributed by atoms with Gasteiger partial charge in [-0.25, -0.2) is 0 Å². The van der Waals surface area contributed by atoms with Crippen LogP contribution in [0.3, 0.4) is 0 Å². The van der Waals surface area contributed by atoms with E-state index in [1.54, 1.807) is 18.3 Å². The van der Waals surface area contributed by atoms with Gasteiger partial charge in [0.1, 0.15) is 6.61 Å². The first kappa shape index (κ1) is 19.6. The summed E-state index contributed by atoms with van der Waals surface area (Å²) >= 11 is 1.64. The number of halogens is 3. The van der Waals surface area contributed by atoms with Crippen molar-refractivity contribution in [2.24, 2.45) is 5.41 Å². The molecule has 1 aliphatic carbocycles. The Balaban J connectivity index is 1.43. The average molecular weight is 390 g/mol. The lowest BCUT2D eigenvalue weighted by Crippen LogP contribution is -2.41. The summed E-state index contributed by atoms with van der Waals surface area (Å²) in [7, 11) is 0. The minimum Gasteiger partial charge on any atom is -0.371 e. The van der Waals surface area contributed by atoms with Crippen LogP contribution in [-0.2, 0) is 16.1 Å². The number of ether oxygens (including phenoxy) is 1. The van der Waals surface area contributed by atoms with Gasteiger partial charge >= 0.3 is 6.18 Å². The second-order valence-corrected chi connectivity index (χ2v) is 8.15. The standard InChI is InChI=1S/C18H25F3N2O2S/c1-14(24)23(11-15-2-9-26-12-15)16-10-17(16)3-5-22(6-4-17)7-8-25-13-18(19,20)21/h2,9,12,16H,3-8,10-11,13H2,1H3. The predicted octanol–water partition coefficient (Wildman–Crippen LogP) is 3.53. The summed E-state index contributed by atoms with van der Waals surface area (Å²) in [5, 5.41) is 4.10. The molecule has 146 valence electrons. The van der Waals surface area contributed by atoms with Gasteiger partial charge in [-0.2, -0.15) is 24.5 Å². The first-order chi connectivity index (χ1) is 12.3. The smallest absolute Gasteiger partial charge is 0.371 e. The Morgan fingerprint density at radius 1 is 1.42 bits per heavy atom. The van der Waals surface area contributed by atoms with Crippen molar-refractivity contribution in [3.8, 4) is 0 Å². The maximum absolute atomic E-state index is 12.1. The highest BCUT2D eigenvalue weighted by atomic mass is 32.1. The van der Waals surface area contributed by atoms with Gasteiger partial charge in [-0.15, -0.1) is 0 Å². The van der Waals surface area contributed by atoms with E-state index in [2.05, 4.69) is 16.3 Å². The van der Waals surface area contributed by atoms with Crippen LogP contribution in [0.5, 0.6) is 0 Å². The van der Waals surface area contributed by atoms with Crippen molar-refractivity contribution in [3.63, 3.8) is 0 Å². The minimum absolute atomic E-state index is 0.105. The molecule has 2 heterocycles. The van der Waals surface area contributed by atoms with Crippen LogP contribution >= 0.6 is 11.3 Å². The molecule has 1 aliphatic heterocycles. The van der Waals surface area contributed by atoms with E-state index in [0.717, 1.165) is 32.4 Å². The van der Waals surface area contributed by atoms with Crippen LogP contribution in [-0.4, -0.2) is 60.8 Å². The fourth-order valence-corrected chi connectivity index (χ4v) is 4.59. The van der Waals surface area contributed by atoms with Crippen molar-refractivity contribution >= 4 is 17.2 Å². The summed E-state index contributed by atoms with van der Waals surface area (Å²) in [6, 6.07) is 2.35. The van der Waals surface area contributed by atoms with Gasteiger partial charge in [-0.1, -0.05) is 0 Å². The molecule has 0 radical (unpaired) electrons. The quantitative estimate of drug-likeness (QED) is 0.668. The molecule has 26 heavy (non-hydrogen) atoms. The summed E-state index contributed by atoms with van der Waals surface area (Å²) in [5.74, 6) is 0.112. The van der Waals surface area contributed by atoms with Crippen molar-refractivity contribution in [3.05, 3.63) is 22.4 Å². The van der Waals surface area contributed by atoms with Crippen LogP contribution in [0.15, 0.2) is 16.8 Å². The lowest BCUT2D eigenvalue weighted by atomic mass is 9.92. The molecule has 4 nitrogen and oxygen atoms in total. The van der Waals surface area contributed by atoms with Gasteiger partial charge in [0.05, 0.1) is 6.61 Å². The molecule has 2 aliphatic rings. The molecule has 0 N–H and O–H groups in total. The second kappa shape index (κ2) is 7.86. The number of hydrogen-bond acceptors (Lipinski definition) is 4. The highest BCUT2D eigenvalue weighted by molar-refractivity contribution is 7.07. The molecule has 1 saturated heterocycles. The van der Waals surface area contributed by atoms with E-state index in [1.165, 1.54) is 5.56 Å². The van der Waals surface area contributed by atoms with E-state index in [9.17, 15) is 18.0 Å². The summed E-state index contributed by atoms with van der Waals surface area (Å²) in [6.07, 6.45) is -1.24. The van der Waals surface area contributed by atoms with Gasteiger partial charge < -0.3 is 14.5 Å². The Bertz CT molecular complexity index is 598. The van der Waals surface area contributed by atoms with Gasteiger partial charge in [0.2, 0.25) is 5.91 Å². The van der Waals surface area contributed by atoms with Crippen LogP contribution in [0.4, 0.5) is 13.2 Å². The molecule has 1 aromatic heterocycles. The minimum atomic E-state index is -4.26. The van der Waals surface area contributed by atoms with E-state index in [1.807, 2.05) is 10.3 Å². The second-order valence-electron chi connectivity index (χ2n) is 7.37. The highest BCUT2D eigenvalue weighted by Gasteiger charge is 2.58. The first-order valence-electron chi connectivity index (χ1n) is 8.94. The number of amides is 1. The van der Waals surface area contributed by atoms with E-state index >= 15 is 0 Å². The van der Waals surface area contributed by atoms with E-state index in [4.69, 9.17) is 4.74 Å². The van der Waals surface area contributed by atoms with Crippen molar-refractivity contribution in [2.75, 3.05) is 32.8 Å². The fraction of sp³-hybridized carbons (Fsp3) is 0.722. The van der Waals surface area contributed by atoms with Gasteiger partial charge in [0.25, 0.3) is 0 Å². The van der Waals surface area contributed by atoms with Gasteiger partial charge in [-0.05, 0) is 60.2 Å². The lowest BCUT2D eigenvalue weighted by Gasteiger charge is -2.34. The molecule has 8 heteroatoms. The molecule has 2 fully saturated rings. The summed E-state index contributed by atoms with van der Waals surface area (Å²) in [6.45, 7) is 3.47. The third kappa shape index (κ3) is 4.98. The molecule has 1 atom stereocenters. The molecule has 1 saturated carbocycles. The van der Waals surface area contributed by atoms with Crippen LogP contribution in [0.25, 0.3) is 0 Å². The molecule has 1 spiro atoms. The largest absolute Gasteiger partial charge is 0.411 e. The number of carbonyl (C=O) groups is 1. The van der Waals surface area contributed by atoms with E-state index in [0.29, 0.717) is 19.1 Å². The summed E-state index contributed by atoms with van der Waals surface area (Å²) in [5.41, 5.74) is 1.37. The van der Waals surface area contributed by atoms with Crippen LogP contribution < -0.4 is 0 Å². The number of carbonyl (C=O) groups excluding carboxylic acids is 1. The van der Waals surface area contributed by atoms with Crippen LogP contribution in [0.1, 0.15) is 31.7 Å².